The summed E-state index contributed by atoms with van der Waals surface area (Å²) in [5.74, 6) is -2.21. The Morgan fingerprint density at radius 2 is 1.45 bits per heavy atom. The summed E-state index contributed by atoms with van der Waals surface area (Å²) in [5, 5.41) is 31.7. The Labute approximate surface area is 237 Å². The molecule has 40 heavy (non-hydrogen) atoms. The minimum absolute atomic E-state index is 0.0499. The zero-order valence-electron chi connectivity index (χ0n) is 20.6. The van der Waals surface area contributed by atoms with Gasteiger partial charge in [0.25, 0.3) is 5.56 Å². The summed E-state index contributed by atoms with van der Waals surface area (Å²) in [7, 11) is 2.95. The minimum atomic E-state index is -2.02. The van der Waals surface area contributed by atoms with Gasteiger partial charge in [-0.05, 0) is 56.3 Å². The van der Waals surface area contributed by atoms with Gasteiger partial charge in [-0.15, -0.1) is 0 Å². The Morgan fingerprint density at radius 1 is 0.875 bits per heavy atom. The topological polar surface area (TPSA) is 182 Å². The second kappa shape index (κ2) is 8.21. The molecule has 2 aromatic rings. The quantitative estimate of drug-likeness (QED) is 0.210. The van der Waals surface area contributed by atoms with Crippen LogP contribution in [-0.4, -0.2) is 40.7 Å². The molecule has 0 aliphatic heterocycles. The first kappa shape index (κ1) is 26.1. The number of aromatic nitrogens is 1. The van der Waals surface area contributed by atoms with Crippen LogP contribution >= 0.6 is 31.9 Å². The van der Waals surface area contributed by atoms with Gasteiger partial charge in [-0.3, -0.25) is 28.8 Å². The number of hydrogen-bond acceptors (Lipinski definition) is 10. The first-order valence-electron chi connectivity index (χ1n) is 11.7. The van der Waals surface area contributed by atoms with E-state index in [1.54, 1.807) is 0 Å². The first-order valence-corrected chi connectivity index (χ1v) is 13.3. The highest BCUT2D eigenvalue weighted by molar-refractivity contribution is 9.11. The largest absolute Gasteiger partial charge is 0.510 e. The summed E-state index contributed by atoms with van der Waals surface area (Å²) in [6.07, 6.45) is 0.394. The third-order valence-corrected chi connectivity index (χ3v) is 9.49. The number of hydrogen-bond donors (Lipinski definition) is 4. The number of phenols is 1. The molecule has 0 saturated carbocycles. The lowest BCUT2D eigenvalue weighted by Gasteiger charge is -2.27. The Hall–Kier alpha value is -4.10. The standard InChI is InChI=1S/C27H16Br2N2O9/c1-31(2)18-17(29)22(36)11-12(23(18)37)20(34)14-13(19(11)33)24(38)27(25(14)39)4-3-8-15(27)21(35)10-9(16(8)28)5-7(6-32)30-26(10)40/h5-6,35,38-39H,3-4H2,1-2H3,(H,30,40)/t27-/m1/s1. The van der Waals surface area contributed by atoms with E-state index < -0.39 is 70.8 Å². The molecule has 0 amide bonds. The van der Waals surface area contributed by atoms with Gasteiger partial charge in [0.1, 0.15) is 28.4 Å². The van der Waals surface area contributed by atoms with Gasteiger partial charge in [0.15, 0.2) is 6.29 Å². The molecule has 1 aromatic carbocycles. The number of aliphatic hydroxyl groups is 2. The van der Waals surface area contributed by atoms with E-state index in [0.29, 0.717) is 16.3 Å². The fourth-order valence-electron chi connectivity index (χ4n) is 6.16. The summed E-state index contributed by atoms with van der Waals surface area (Å²) in [4.78, 5) is 81.8. The van der Waals surface area contributed by atoms with E-state index in [-0.39, 0.29) is 45.0 Å². The van der Waals surface area contributed by atoms with Crippen LogP contribution in [0.1, 0.15) is 28.0 Å². The Morgan fingerprint density at radius 3 is 2.00 bits per heavy atom. The van der Waals surface area contributed by atoms with Crippen LogP contribution in [0.5, 0.6) is 5.75 Å². The van der Waals surface area contributed by atoms with Gasteiger partial charge in [0.2, 0.25) is 21.7 Å². The van der Waals surface area contributed by atoms with Crippen molar-refractivity contribution in [1.29, 1.82) is 0 Å². The van der Waals surface area contributed by atoms with Crippen molar-refractivity contribution in [3.63, 3.8) is 0 Å². The van der Waals surface area contributed by atoms with Gasteiger partial charge in [-0.2, -0.15) is 0 Å². The highest BCUT2D eigenvalue weighted by Crippen LogP contribution is 2.56. The van der Waals surface area contributed by atoms with E-state index in [0.717, 1.165) is 0 Å². The highest BCUT2D eigenvalue weighted by Gasteiger charge is 2.53. The number of aromatic amines is 1. The van der Waals surface area contributed by atoms with Crippen molar-refractivity contribution in [3.05, 3.63) is 104 Å². The molecule has 13 heteroatoms. The van der Waals surface area contributed by atoms with E-state index in [2.05, 4.69) is 36.8 Å². The average molecular weight is 672 g/mol. The van der Waals surface area contributed by atoms with Crippen LogP contribution in [0.4, 0.5) is 5.69 Å². The van der Waals surface area contributed by atoms with Crippen LogP contribution in [0.15, 0.2) is 39.0 Å². The fourth-order valence-corrected chi connectivity index (χ4v) is 7.60. The number of aliphatic hydroxyl groups excluding tert-OH is 2. The number of nitrogens with one attached hydrogen (secondary N) is 1. The predicted molar refractivity (Wildman–Crippen MR) is 152 cm³/mol. The minimum Gasteiger partial charge on any atom is -0.510 e. The predicted octanol–water partition coefficient (Wildman–Crippen LogP) is -0.0914. The van der Waals surface area contributed by atoms with E-state index in [1.807, 2.05) is 0 Å². The lowest BCUT2D eigenvalue weighted by molar-refractivity contribution is 0.111. The van der Waals surface area contributed by atoms with Crippen LogP contribution in [-0.2, 0) is 11.8 Å². The number of halogens is 2. The molecule has 1 atom stereocenters. The number of pyridine rings is 1. The highest BCUT2D eigenvalue weighted by atomic mass is 79.9. The molecule has 4 aliphatic rings. The average Bonchev–Trinajstić information content (AvgIpc) is 3.41. The number of aldehydes is 1. The lowest BCUT2D eigenvalue weighted by Crippen LogP contribution is -2.52. The van der Waals surface area contributed by atoms with Crippen LogP contribution in [0.3, 0.4) is 0 Å². The van der Waals surface area contributed by atoms with Gasteiger partial charge in [0.05, 0.1) is 36.4 Å². The molecule has 1 aromatic heterocycles. The molecule has 0 unspecified atom stereocenters. The number of fused-ring (bicyclic) bond motifs is 4. The van der Waals surface area contributed by atoms with Gasteiger partial charge < -0.3 is 25.2 Å². The van der Waals surface area contributed by atoms with E-state index in [4.69, 9.17) is 0 Å². The van der Waals surface area contributed by atoms with Gasteiger partial charge in [-0.1, -0.05) is 0 Å². The zero-order chi connectivity index (χ0) is 29.2. The summed E-state index contributed by atoms with van der Waals surface area (Å²) >= 11 is 6.45. The fraction of sp³-hybridized carbons (Fsp3) is 0.185. The summed E-state index contributed by atoms with van der Waals surface area (Å²) in [5.41, 5.74) is -6.91. The number of aromatic hydroxyl groups is 1. The molecule has 202 valence electrons. The van der Waals surface area contributed by atoms with Crippen molar-refractivity contribution in [2.45, 2.75) is 18.3 Å². The van der Waals surface area contributed by atoms with Crippen LogP contribution in [0.2, 0.25) is 0 Å². The van der Waals surface area contributed by atoms with Crippen molar-refractivity contribution in [1.82, 2.24) is 4.98 Å². The maximum Gasteiger partial charge on any atom is 0.260 e. The maximum absolute atomic E-state index is 13.8. The van der Waals surface area contributed by atoms with E-state index >= 15 is 0 Å². The Balaban J connectivity index is 1.87. The number of phenolic OH excluding ortho intramolecular Hbond substituents is 1. The Kier molecular flexibility index (Phi) is 5.36. The monoisotopic (exact) mass is 670 g/mol. The summed E-state index contributed by atoms with van der Waals surface area (Å²) in [6.45, 7) is 0. The number of carbonyl (C=O) groups is 1. The van der Waals surface area contributed by atoms with E-state index in [1.165, 1.54) is 25.1 Å². The number of benzene rings is 1. The maximum atomic E-state index is 13.8. The SMILES string of the molecule is CN(C)c1c(Br)c(=O)c2c(=O)c3c(c(=O)c=2c1=O)=C(O)[C@@]1(CCc2c1c(O)c1c(=O)[nH]c(C=O)cc1c2Br)C=3O. The van der Waals surface area contributed by atoms with Crippen LogP contribution in [0, 0.1) is 10.4 Å². The molecular formula is C27H16Br2N2O9. The van der Waals surface area contributed by atoms with E-state index in [9.17, 15) is 44.1 Å². The molecule has 0 bridgehead atoms. The van der Waals surface area contributed by atoms with Crippen molar-refractivity contribution in [2.24, 2.45) is 0 Å². The number of carbonyl (C=O) groups excluding carboxylic acids is 1. The first-order chi connectivity index (χ1) is 18.8. The van der Waals surface area contributed by atoms with Crippen molar-refractivity contribution in [2.75, 3.05) is 19.0 Å². The molecule has 11 nitrogen and oxygen atoms in total. The number of anilines is 1. The lowest BCUT2D eigenvalue weighted by atomic mass is 9.78. The molecule has 1 spiro atoms. The molecular weight excluding hydrogens is 656 g/mol. The molecule has 4 N–H and O–H groups in total. The number of nitrogens with zero attached hydrogens (tertiary/aromatic N) is 1. The smallest absolute Gasteiger partial charge is 0.260 e. The van der Waals surface area contributed by atoms with Crippen LogP contribution < -0.4 is 42.6 Å². The molecule has 0 radical (unpaired) electrons. The summed E-state index contributed by atoms with van der Waals surface area (Å²) in [6, 6.07) is 1.35. The molecule has 0 fully saturated rings. The second-order valence-electron chi connectivity index (χ2n) is 9.95. The van der Waals surface area contributed by atoms with Crippen molar-refractivity contribution < 1.29 is 20.1 Å². The summed E-state index contributed by atoms with van der Waals surface area (Å²) < 4.78 is 0.0658. The van der Waals surface area contributed by atoms with Gasteiger partial charge >= 0.3 is 0 Å². The van der Waals surface area contributed by atoms with Crippen LogP contribution in [0.25, 0.3) is 22.3 Å². The molecule has 0 saturated heterocycles. The number of rotatable bonds is 2. The van der Waals surface area contributed by atoms with Crippen molar-refractivity contribution >= 4 is 66.1 Å². The van der Waals surface area contributed by atoms with Gasteiger partial charge in [-0.25, -0.2) is 0 Å². The van der Waals surface area contributed by atoms with Gasteiger partial charge in [0, 0.05) is 29.5 Å². The third-order valence-electron chi connectivity index (χ3n) is 7.85. The molecule has 1 heterocycles. The Bertz CT molecular complexity index is 2390. The second-order valence-corrected chi connectivity index (χ2v) is 11.5. The number of H-pyrrole nitrogens is 1. The third kappa shape index (κ3) is 2.83. The zero-order valence-corrected chi connectivity index (χ0v) is 23.7. The molecule has 6 rings (SSSR count). The van der Waals surface area contributed by atoms with Crippen molar-refractivity contribution in [3.8, 4) is 5.75 Å². The molecule has 4 aliphatic carbocycles. The normalized spacial score (nSPS) is 17.7.